The third-order valence-corrected chi connectivity index (χ3v) is 2.94. The first-order valence-corrected chi connectivity index (χ1v) is 5.85. The van der Waals surface area contributed by atoms with Gasteiger partial charge in [0.2, 0.25) is 0 Å². The molecule has 5 nitrogen and oxygen atoms in total. The van der Waals surface area contributed by atoms with Crippen LogP contribution in [0.3, 0.4) is 0 Å². The molecule has 0 radical (unpaired) electrons. The van der Waals surface area contributed by atoms with Crippen LogP contribution < -0.4 is 11.1 Å². The number of rotatable bonds is 4. The minimum atomic E-state index is -1.03. The van der Waals surface area contributed by atoms with Crippen LogP contribution in [0.1, 0.15) is 15.9 Å². The first-order valence-electron chi connectivity index (χ1n) is 4.90. The molecule has 88 valence electrons. The van der Waals surface area contributed by atoms with Crippen LogP contribution in [0.15, 0.2) is 29.1 Å². The maximum Gasteiger partial charge on any atom is 0.337 e. The van der Waals surface area contributed by atoms with Crippen molar-refractivity contribution < 1.29 is 9.90 Å². The largest absolute Gasteiger partial charge is 0.478 e. The van der Waals surface area contributed by atoms with Crippen molar-refractivity contribution >= 4 is 28.8 Å². The van der Waals surface area contributed by atoms with Gasteiger partial charge in [0, 0.05) is 12.7 Å². The molecular weight excluding hydrogens is 238 g/mol. The van der Waals surface area contributed by atoms with Crippen LogP contribution in [0.2, 0.25) is 0 Å². The van der Waals surface area contributed by atoms with Gasteiger partial charge in [-0.25, -0.2) is 9.78 Å². The number of aromatic nitrogens is 1. The molecule has 2 aromatic heterocycles. The smallest absolute Gasteiger partial charge is 0.337 e. The van der Waals surface area contributed by atoms with Gasteiger partial charge in [0.15, 0.2) is 0 Å². The number of nitrogens with zero attached hydrogens (tertiary/aromatic N) is 1. The molecule has 17 heavy (non-hydrogen) atoms. The van der Waals surface area contributed by atoms with Gasteiger partial charge in [-0.05, 0) is 28.5 Å². The molecule has 0 unspecified atom stereocenters. The number of hydrogen-bond acceptors (Lipinski definition) is 5. The number of nitrogens with one attached hydrogen (secondary N) is 1. The lowest BCUT2D eigenvalue weighted by Gasteiger charge is -2.07. The Hall–Kier alpha value is -2.08. The lowest BCUT2D eigenvalue weighted by molar-refractivity contribution is 0.0696. The lowest BCUT2D eigenvalue weighted by Crippen LogP contribution is -2.06. The van der Waals surface area contributed by atoms with E-state index in [2.05, 4.69) is 10.3 Å². The standard InChI is InChI=1S/C11H11N3O2S/c12-9-3-8(11(15)16)5-14-10(9)13-4-7-1-2-17-6-7/h1-3,5-6H,4,12H2,(H,13,14)(H,15,16). The van der Waals surface area contributed by atoms with Gasteiger partial charge in [-0.2, -0.15) is 11.3 Å². The summed E-state index contributed by atoms with van der Waals surface area (Å²) in [5, 5.41) is 15.8. The van der Waals surface area contributed by atoms with Crippen LogP contribution >= 0.6 is 11.3 Å². The predicted octanol–water partition coefficient (Wildman–Crippen LogP) is 2.04. The Balaban J connectivity index is 2.09. The molecule has 4 N–H and O–H groups in total. The average molecular weight is 249 g/mol. The van der Waals surface area contributed by atoms with E-state index in [0.717, 1.165) is 5.56 Å². The SMILES string of the molecule is Nc1cc(C(=O)O)cnc1NCc1ccsc1. The number of pyridine rings is 1. The van der Waals surface area contributed by atoms with Crippen LogP contribution in [0.4, 0.5) is 11.5 Å². The summed E-state index contributed by atoms with van der Waals surface area (Å²) in [5.74, 6) is -0.533. The van der Waals surface area contributed by atoms with E-state index in [9.17, 15) is 4.79 Å². The molecule has 0 aliphatic rings. The van der Waals surface area contributed by atoms with Crippen molar-refractivity contribution in [2.75, 3.05) is 11.1 Å². The molecule has 0 aliphatic heterocycles. The van der Waals surface area contributed by atoms with Crippen LogP contribution in [-0.2, 0) is 6.54 Å². The second kappa shape index (κ2) is 4.84. The quantitative estimate of drug-likeness (QED) is 0.771. The summed E-state index contributed by atoms with van der Waals surface area (Å²) in [4.78, 5) is 14.7. The monoisotopic (exact) mass is 249 g/mol. The van der Waals surface area contributed by atoms with Crippen molar-refractivity contribution in [1.29, 1.82) is 0 Å². The van der Waals surface area contributed by atoms with Crippen molar-refractivity contribution in [2.24, 2.45) is 0 Å². The predicted molar refractivity (Wildman–Crippen MR) is 67.3 cm³/mol. The van der Waals surface area contributed by atoms with E-state index in [1.54, 1.807) is 11.3 Å². The van der Waals surface area contributed by atoms with E-state index in [-0.39, 0.29) is 5.56 Å². The molecule has 0 atom stereocenters. The molecule has 0 amide bonds. The lowest BCUT2D eigenvalue weighted by atomic mass is 10.2. The fourth-order valence-electron chi connectivity index (χ4n) is 1.33. The minimum Gasteiger partial charge on any atom is -0.478 e. The topological polar surface area (TPSA) is 88.2 Å². The zero-order valence-electron chi connectivity index (χ0n) is 8.88. The van der Waals surface area contributed by atoms with E-state index in [4.69, 9.17) is 10.8 Å². The summed E-state index contributed by atoms with van der Waals surface area (Å²) in [6.07, 6.45) is 1.29. The van der Waals surface area contributed by atoms with Crippen molar-refractivity contribution in [3.8, 4) is 0 Å². The third-order valence-electron chi connectivity index (χ3n) is 2.20. The van der Waals surface area contributed by atoms with Gasteiger partial charge in [0.25, 0.3) is 0 Å². The average Bonchev–Trinajstić information content (AvgIpc) is 2.80. The number of thiophene rings is 1. The van der Waals surface area contributed by atoms with Crippen LogP contribution in [0.25, 0.3) is 0 Å². The zero-order chi connectivity index (χ0) is 12.3. The summed E-state index contributed by atoms with van der Waals surface area (Å²) in [6, 6.07) is 3.39. The van der Waals surface area contributed by atoms with Crippen molar-refractivity contribution in [3.05, 3.63) is 40.2 Å². The normalized spacial score (nSPS) is 10.1. The van der Waals surface area contributed by atoms with Crippen LogP contribution in [-0.4, -0.2) is 16.1 Å². The van der Waals surface area contributed by atoms with Gasteiger partial charge in [0.05, 0.1) is 11.3 Å². The summed E-state index contributed by atoms with van der Waals surface area (Å²) in [5.41, 5.74) is 7.27. The van der Waals surface area contributed by atoms with E-state index in [0.29, 0.717) is 18.1 Å². The van der Waals surface area contributed by atoms with Gasteiger partial charge >= 0.3 is 5.97 Å². The molecule has 0 aromatic carbocycles. The minimum absolute atomic E-state index is 0.0867. The maximum absolute atomic E-state index is 10.7. The van der Waals surface area contributed by atoms with Gasteiger partial charge in [0.1, 0.15) is 5.82 Å². The Labute approximate surface area is 102 Å². The summed E-state index contributed by atoms with van der Waals surface area (Å²) in [7, 11) is 0. The Morgan fingerprint density at radius 2 is 2.41 bits per heavy atom. The fourth-order valence-corrected chi connectivity index (χ4v) is 1.99. The molecule has 0 aliphatic carbocycles. The number of nitrogen functional groups attached to an aromatic ring is 1. The maximum atomic E-state index is 10.7. The van der Waals surface area contributed by atoms with E-state index in [1.165, 1.54) is 12.3 Å². The Bertz CT molecular complexity index is 526. The highest BCUT2D eigenvalue weighted by Crippen LogP contribution is 2.17. The van der Waals surface area contributed by atoms with E-state index in [1.807, 2.05) is 16.8 Å². The second-order valence-corrected chi connectivity index (χ2v) is 4.23. The molecule has 6 heteroatoms. The van der Waals surface area contributed by atoms with Gasteiger partial charge < -0.3 is 16.2 Å². The highest BCUT2D eigenvalue weighted by Gasteiger charge is 2.07. The molecule has 0 saturated heterocycles. The molecule has 0 spiro atoms. The Morgan fingerprint density at radius 1 is 1.59 bits per heavy atom. The van der Waals surface area contributed by atoms with Crippen LogP contribution in [0.5, 0.6) is 0 Å². The highest BCUT2D eigenvalue weighted by atomic mass is 32.1. The molecule has 0 fully saturated rings. The number of carbonyl (C=O) groups is 1. The number of aromatic carboxylic acids is 1. The molecular formula is C11H11N3O2S. The number of hydrogen-bond donors (Lipinski definition) is 3. The Morgan fingerprint density at radius 3 is 3.00 bits per heavy atom. The number of carboxylic acids is 1. The van der Waals surface area contributed by atoms with Crippen molar-refractivity contribution in [2.45, 2.75) is 6.54 Å². The number of carboxylic acid groups (broad SMARTS) is 1. The summed E-state index contributed by atoms with van der Waals surface area (Å²) < 4.78 is 0. The molecule has 0 bridgehead atoms. The van der Waals surface area contributed by atoms with Gasteiger partial charge in [-0.1, -0.05) is 0 Å². The van der Waals surface area contributed by atoms with Gasteiger partial charge in [-0.15, -0.1) is 0 Å². The summed E-state index contributed by atoms with van der Waals surface area (Å²) >= 11 is 1.62. The second-order valence-electron chi connectivity index (χ2n) is 3.45. The molecule has 2 rings (SSSR count). The fraction of sp³-hybridized carbons (Fsp3) is 0.0909. The van der Waals surface area contributed by atoms with Gasteiger partial charge in [-0.3, -0.25) is 0 Å². The van der Waals surface area contributed by atoms with E-state index < -0.39 is 5.97 Å². The molecule has 2 heterocycles. The summed E-state index contributed by atoms with van der Waals surface area (Å²) in [6.45, 7) is 0.618. The zero-order valence-corrected chi connectivity index (χ0v) is 9.70. The molecule has 0 saturated carbocycles. The first-order chi connectivity index (χ1) is 8.16. The number of nitrogens with two attached hydrogens (primary N) is 1. The van der Waals surface area contributed by atoms with Crippen molar-refractivity contribution in [3.63, 3.8) is 0 Å². The van der Waals surface area contributed by atoms with Crippen LogP contribution in [0, 0.1) is 0 Å². The first kappa shape index (κ1) is 11.4. The molecule has 2 aromatic rings. The highest BCUT2D eigenvalue weighted by molar-refractivity contribution is 7.07. The third kappa shape index (κ3) is 2.73. The Kier molecular flexibility index (Phi) is 3.24. The van der Waals surface area contributed by atoms with Crippen molar-refractivity contribution in [1.82, 2.24) is 4.98 Å². The van der Waals surface area contributed by atoms with E-state index >= 15 is 0 Å². The number of anilines is 2.